The summed E-state index contributed by atoms with van der Waals surface area (Å²) in [5.41, 5.74) is 5.13. The molecule has 0 aromatic heterocycles. The summed E-state index contributed by atoms with van der Waals surface area (Å²) >= 11 is 0. The van der Waals surface area contributed by atoms with Crippen molar-refractivity contribution < 1.29 is 4.79 Å². The van der Waals surface area contributed by atoms with Crippen LogP contribution in [0.3, 0.4) is 0 Å². The van der Waals surface area contributed by atoms with Gasteiger partial charge in [0, 0.05) is 11.7 Å². The molecule has 0 spiro atoms. The first kappa shape index (κ1) is 18.9. The number of anilines is 1. The molecule has 0 bridgehead atoms. The molecule has 3 rings (SSSR count). The highest BCUT2D eigenvalue weighted by Crippen LogP contribution is 2.23. The Bertz CT molecular complexity index is 891. The van der Waals surface area contributed by atoms with Crippen molar-refractivity contribution in [2.75, 3.05) is 5.32 Å². The lowest BCUT2D eigenvalue weighted by molar-refractivity contribution is -0.118. The molecule has 2 atom stereocenters. The lowest BCUT2D eigenvalue weighted by Crippen LogP contribution is -2.34. The van der Waals surface area contributed by atoms with Gasteiger partial charge in [0.2, 0.25) is 5.91 Å². The van der Waals surface area contributed by atoms with Gasteiger partial charge in [-0.3, -0.25) is 10.1 Å². The Morgan fingerprint density at radius 3 is 2.04 bits per heavy atom. The molecule has 3 heteroatoms. The van der Waals surface area contributed by atoms with E-state index in [9.17, 15) is 4.79 Å². The lowest BCUT2D eigenvalue weighted by atomic mass is 10.0. The molecule has 3 aromatic rings. The molecule has 0 aliphatic heterocycles. The molecule has 2 N–H and O–H groups in total. The summed E-state index contributed by atoms with van der Waals surface area (Å²) in [4.78, 5) is 13.2. The van der Waals surface area contributed by atoms with Gasteiger partial charge in [0.1, 0.15) is 6.04 Å². The third-order valence-electron chi connectivity index (χ3n) is 4.76. The van der Waals surface area contributed by atoms with Gasteiger partial charge in [0.05, 0.1) is 0 Å². The maximum atomic E-state index is 13.2. The van der Waals surface area contributed by atoms with E-state index in [2.05, 4.69) is 35.8 Å². The van der Waals surface area contributed by atoms with Crippen LogP contribution in [-0.4, -0.2) is 5.91 Å². The van der Waals surface area contributed by atoms with E-state index in [4.69, 9.17) is 0 Å². The van der Waals surface area contributed by atoms with Crippen LogP contribution in [0.2, 0.25) is 0 Å². The van der Waals surface area contributed by atoms with E-state index in [1.165, 1.54) is 0 Å². The third-order valence-corrected chi connectivity index (χ3v) is 4.76. The number of amides is 1. The first-order valence-electron chi connectivity index (χ1n) is 9.28. The van der Waals surface area contributed by atoms with E-state index in [0.717, 1.165) is 27.9 Å². The maximum Gasteiger partial charge on any atom is 0.246 e. The SMILES string of the molecule is Cc1ccc(C)c(NC(=O)[C@H](N[C@H](C)c2ccccc2)c2ccccc2)c1. The number of hydrogen-bond donors (Lipinski definition) is 2. The van der Waals surface area contributed by atoms with E-state index in [1.54, 1.807) is 0 Å². The number of aryl methyl sites for hydroxylation is 2. The molecule has 0 heterocycles. The van der Waals surface area contributed by atoms with Crippen molar-refractivity contribution in [3.05, 3.63) is 101 Å². The van der Waals surface area contributed by atoms with Gasteiger partial charge in [0.25, 0.3) is 0 Å². The normalized spacial score (nSPS) is 13.0. The van der Waals surface area contributed by atoms with Crippen LogP contribution in [-0.2, 0) is 4.79 Å². The van der Waals surface area contributed by atoms with Crippen molar-refractivity contribution in [3.63, 3.8) is 0 Å². The van der Waals surface area contributed by atoms with Crippen LogP contribution in [0.15, 0.2) is 78.9 Å². The zero-order valence-corrected chi connectivity index (χ0v) is 16.1. The number of rotatable bonds is 6. The molecule has 3 nitrogen and oxygen atoms in total. The number of hydrogen-bond acceptors (Lipinski definition) is 2. The van der Waals surface area contributed by atoms with Crippen molar-refractivity contribution in [2.45, 2.75) is 32.9 Å². The Labute approximate surface area is 161 Å². The second-order valence-electron chi connectivity index (χ2n) is 6.95. The average molecular weight is 358 g/mol. The summed E-state index contributed by atoms with van der Waals surface area (Å²) in [7, 11) is 0. The molecule has 138 valence electrons. The minimum atomic E-state index is -0.443. The first-order valence-corrected chi connectivity index (χ1v) is 9.28. The largest absolute Gasteiger partial charge is 0.324 e. The van der Waals surface area contributed by atoms with Gasteiger partial charge in [-0.25, -0.2) is 0 Å². The lowest BCUT2D eigenvalue weighted by Gasteiger charge is -2.24. The van der Waals surface area contributed by atoms with Crippen molar-refractivity contribution in [1.29, 1.82) is 0 Å². The monoisotopic (exact) mass is 358 g/mol. The number of nitrogens with one attached hydrogen (secondary N) is 2. The van der Waals surface area contributed by atoms with E-state index in [1.807, 2.05) is 74.5 Å². The zero-order chi connectivity index (χ0) is 19.2. The second-order valence-corrected chi connectivity index (χ2v) is 6.95. The Kier molecular flexibility index (Phi) is 6.05. The summed E-state index contributed by atoms with van der Waals surface area (Å²) in [6.07, 6.45) is 0. The van der Waals surface area contributed by atoms with Crippen molar-refractivity contribution >= 4 is 11.6 Å². The zero-order valence-electron chi connectivity index (χ0n) is 16.1. The van der Waals surface area contributed by atoms with E-state index >= 15 is 0 Å². The van der Waals surface area contributed by atoms with Gasteiger partial charge in [-0.05, 0) is 49.1 Å². The molecule has 0 unspecified atom stereocenters. The molecule has 0 saturated heterocycles. The molecule has 0 radical (unpaired) electrons. The summed E-state index contributed by atoms with van der Waals surface area (Å²) in [6.45, 7) is 6.11. The third kappa shape index (κ3) is 4.83. The molecular weight excluding hydrogens is 332 g/mol. The fourth-order valence-corrected chi connectivity index (χ4v) is 3.13. The molecular formula is C24H26N2O. The minimum Gasteiger partial charge on any atom is -0.324 e. The van der Waals surface area contributed by atoms with Crippen LogP contribution in [0.1, 0.15) is 41.3 Å². The highest BCUT2D eigenvalue weighted by Gasteiger charge is 2.23. The van der Waals surface area contributed by atoms with Gasteiger partial charge < -0.3 is 5.32 Å². The highest BCUT2D eigenvalue weighted by molar-refractivity contribution is 5.96. The molecule has 0 saturated carbocycles. The van der Waals surface area contributed by atoms with Crippen LogP contribution >= 0.6 is 0 Å². The Morgan fingerprint density at radius 1 is 0.815 bits per heavy atom. The number of carbonyl (C=O) groups is 1. The van der Waals surface area contributed by atoms with E-state index in [0.29, 0.717) is 0 Å². The fraction of sp³-hybridized carbons (Fsp3) is 0.208. The molecule has 1 amide bonds. The van der Waals surface area contributed by atoms with Gasteiger partial charge in [-0.1, -0.05) is 72.8 Å². The van der Waals surface area contributed by atoms with Gasteiger partial charge in [0.15, 0.2) is 0 Å². The standard InChI is InChI=1S/C24H26N2O/c1-17-14-15-18(2)22(16-17)26-24(27)23(21-12-8-5-9-13-21)25-19(3)20-10-6-4-7-11-20/h4-16,19,23,25H,1-3H3,(H,26,27)/t19-,23-/m1/s1. The van der Waals surface area contributed by atoms with E-state index < -0.39 is 6.04 Å². The quantitative estimate of drug-likeness (QED) is 0.625. The summed E-state index contributed by atoms with van der Waals surface area (Å²) in [6, 6.07) is 25.7. The molecule has 0 aliphatic rings. The molecule has 0 fully saturated rings. The van der Waals surface area contributed by atoms with Crippen LogP contribution < -0.4 is 10.6 Å². The topological polar surface area (TPSA) is 41.1 Å². The number of benzene rings is 3. The van der Waals surface area contributed by atoms with E-state index in [-0.39, 0.29) is 11.9 Å². The van der Waals surface area contributed by atoms with Crippen LogP contribution in [0.5, 0.6) is 0 Å². The minimum absolute atomic E-state index is 0.0424. The first-order chi connectivity index (χ1) is 13.0. The summed E-state index contributed by atoms with van der Waals surface area (Å²) in [5, 5.41) is 6.60. The van der Waals surface area contributed by atoms with Crippen molar-refractivity contribution in [3.8, 4) is 0 Å². The van der Waals surface area contributed by atoms with Crippen molar-refractivity contribution in [2.24, 2.45) is 0 Å². The molecule has 0 aliphatic carbocycles. The smallest absolute Gasteiger partial charge is 0.246 e. The second kappa shape index (κ2) is 8.65. The summed E-state index contributed by atoms with van der Waals surface area (Å²) < 4.78 is 0. The Morgan fingerprint density at radius 2 is 1.41 bits per heavy atom. The maximum absolute atomic E-state index is 13.2. The van der Waals surface area contributed by atoms with Gasteiger partial charge in [-0.2, -0.15) is 0 Å². The summed E-state index contributed by atoms with van der Waals surface area (Å²) in [5.74, 6) is -0.0577. The van der Waals surface area contributed by atoms with Crippen LogP contribution in [0, 0.1) is 13.8 Å². The Balaban J connectivity index is 1.85. The highest BCUT2D eigenvalue weighted by atomic mass is 16.2. The number of carbonyl (C=O) groups excluding carboxylic acids is 1. The van der Waals surface area contributed by atoms with Crippen molar-refractivity contribution in [1.82, 2.24) is 5.32 Å². The van der Waals surface area contributed by atoms with Gasteiger partial charge in [-0.15, -0.1) is 0 Å². The molecule has 3 aromatic carbocycles. The van der Waals surface area contributed by atoms with Gasteiger partial charge >= 0.3 is 0 Å². The van der Waals surface area contributed by atoms with Crippen LogP contribution in [0.4, 0.5) is 5.69 Å². The predicted octanol–water partition coefficient (Wildman–Crippen LogP) is 5.33. The predicted molar refractivity (Wildman–Crippen MR) is 112 cm³/mol. The fourth-order valence-electron chi connectivity index (χ4n) is 3.13. The molecule has 27 heavy (non-hydrogen) atoms. The Hall–Kier alpha value is -2.91. The van der Waals surface area contributed by atoms with Crippen LogP contribution in [0.25, 0.3) is 0 Å². The average Bonchev–Trinajstić information content (AvgIpc) is 2.70.